The molecule has 1 saturated heterocycles. The van der Waals surface area contributed by atoms with Crippen molar-refractivity contribution in [2.45, 2.75) is 50.4 Å². The Hall–Kier alpha value is -1.88. The van der Waals surface area contributed by atoms with Gasteiger partial charge >= 0.3 is 0 Å². The van der Waals surface area contributed by atoms with E-state index in [1.165, 1.54) is 19.3 Å². The summed E-state index contributed by atoms with van der Waals surface area (Å²) in [7, 11) is 0. The van der Waals surface area contributed by atoms with Crippen LogP contribution >= 0.6 is 0 Å². The van der Waals surface area contributed by atoms with E-state index in [4.69, 9.17) is 0 Å². The topological polar surface area (TPSA) is 60.9 Å². The number of likely N-dealkylation sites (tertiary alicyclic amines) is 1. The summed E-state index contributed by atoms with van der Waals surface area (Å²) in [4.78, 5) is 29.7. The van der Waals surface area contributed by atoms with Gasteiger partial charge in [-0.05, 0) is 36.8 Å². The number of β-amino-alcohol motifs (C(OH)–C–C–N with tert-alkyl or cyclic N) is 1. The standard InChI is InChI=1S/C21H28N2O3/c24-13-12-23-18-9-5-4-8-17(18)21(20(23)26)10-11-22(15-21)19(25)14-16-6-2-1-3-7-16/h4-5,8-9,16,24H,1-3,6-7,10-15H2. The van der Waals surface area contributed by atoms with Crippen molar-refractivity contribution in [3.05, 3.63) is 29.8 Å². The van der Waals surface area contributed by atoms with Crippen molar-refractivity contribution in [2.24, 2.45) is 5.92 Å². The van der Waals surface area contributed by atoms with Gasteiger partial charge in [-0.2, -0.15) is 0 Å². The zero-order valence-corrected chi connectivity index (χ0v) is 15.3. The Morgan fingerprint density at radius 2 is 1.96 bits per heavy atom. The number of fused-ring (bicyclic) bond motifs is 2. The smallest absolute Gasteiger partial charge is 0.239 e. The highest BCUT2D eigenvalue weighted by molar-refractivity contribution is 6.09. The van der Waals surface area contributed by atoms with Crippen LogP contribution in [0.2, 0.25) is 0 Å². The minimum Gasteiger partial charge on any atom is -0.395 e. The molecule has 1 saturated carbocycles. The van der Waals surface area contributed by atoms with Gasteiger partial charge in [-0.15, -0.1) is 0 Å². The molecule has 3 aliphatic rings. The molecule has 2 fully saturated rings. The monoisotopic (exact) mass is 356 g/mol. The molecule has 5 heteroatoms. The summed E-state index contributed by atoms with van der Waals surface area (Å²) in [5.74, 6) is 0.769. The summed E-state index contributed by atoms with van der Waals surface area (Å²) in [6.45, 7) is 1.39. The number of nitrogens with zero attached hydrogens (tertiary/aromatic N) is 2. The molecular weight excluding hydrogens is 328 g/mol. The van der Waals surface area contributed by atoms with Crippen molar-refractivity contribution in [1.82, 2.24) is 4.90 Å². The van der Waals surface area contributed by atoms with Crippen molar-refractivity contribution in [1.29, 1.82) is 0 Å². The molecule has 0 radical (unpaired) electrons. The normalized spacial score (nSPS) is 26.0. The highest BCUT2D eigenvalue weighted by atomic mass is 16.3. The first-order chi connectivity index (χ1) is 12.7. The number of para-hydroxylation sites is 1. The van der Waals surface area contributed by atoms with Crippen LogP contribution in [0.15, 0.2) is 24.3 Å². The summed E-state index contributed by atoms with van der Waals surface area (Å²) in [5.41, 5.74) is 1.30. The summed E-state index contributed by atoms with van der Waals surface area (Å²) in [6.07, 6.45) is 7.41. The van der Waals surface area contributed by atoms with E-state index in [1.54, 1.807) is 4.90 Å². The van der Waals surface area contributed by atoms with Gasteiger partial charge in [-0.1, -0.05) is 37.5 Å². The minimum atomic E-state index is -0.617. The van der Waals surface area contributed by atoms with Crippen molar-refractivity contribution in [3.8, 4) is 0 Å². The largest absolute Gasteiger partial charge is 0.395 e. The number of aliphatic hydroxyl groups is 1. The first-order valence-corrected chi connectivity index (χ1v) is 9.96. The molecule has 5 nitrogen and oxygen atoms in total. The number of rotatable bonds is 4. The summed E-state index contributed by atoms with van der Waals surface area (Å²) < 4.78 is 0. The zero-order valence-electron chi connectivity index (χ0n) is 15.3. The van der Waals surface area contributed by atoms with E-state index in [2.05, 4.69) is 0 Å². The van der Waals surface area contributed by atoms with Gasteiger partial charge < -0.3 is 14.9 Å². The Morgan fingerprint density at radius 3 is 2.73 bits per heavy atom. The van der Waals surface area contributed by atoms with Crippen molar-refractivity contribution in [2.75, 3.05) is 31.1 Å². The predicted octanol–water partition coefficient (Wildman–Crippen LogP) is 2.47. The molecule has 1 aromatic carbocycles. The van der Waals surface area contributed by atoms with Crippen LogP contribution in [0.25, 0.3) is 0 Å². The number of amides is 2. The number of hydrogen-bond donors (Lipinski definition) is 1. The Balaban J connectivity index is 1.53. The van der Waals surface area contributed by atoms with Crippen LogP contribution in [0.5, 0.6) is 0 Å². The molecule has 26 heavy (non-hydrogen) atoms. The molecule has 1 spiro atoms. The molecule has 2 aliphatic heterocycles. The van der Waals surface area contributed by atoms with Crippen LogP contribution in [0.3, 0.4) is 0 Å². The van der Waals surface area contributed by atoms with Gasteiger partial charge in [0, 0.05) is 31.7 Å². The molecule has 2 heterocycles. The molecular formula is C21H28N2O3. The lowest BCUT2D eigenvalue weighted by Crippen LogP contribution is -2.44. The van der Waals surface area contributed by atoms with E-state index in [-0.39, 0.29) is 18.4 Å². The molecule has 1 atom stereocenters. The third-order valence-electron chi connectivity index (χ3n) is 6.50. The summed E-state index contributed by atoms with van der Waals surface area (Å²) in [6, 6.07) is 7.85. The fourth-order valence-corrected chi connectivity index (χ4v) is 5.10. The van der Waals surface area contributed by atoms with E-state index in [9.17, 15) is 14.7 Å². The van der Waals surface area contributed by atoms with Gasteiger partial charge in [0.2, 0.25) is 11.8 Å². The first kappa shape index (κ1) is 17.5. The molecule has 1 aliphatic carbocycles. The van der Waals surface area contributed by atoms with Gasteiger partial charge in [0.25, 0.3) is 0 Å². The molecule has 0 aromatic heterocycles. The molecule has 0 bridgehead atoms. The lowest BCUT2D eigenvalue weighted by Gasteiger charge is -2.26. The third kappa shape index (κ3) is 2.82. The SMILES string of the molecule is O=C(CC1CCCCC1)N1CCC2(C1)C(=O)N(CCO)c1ccccc12. The molecule has 1 aromatic rings. The molecule has 1 unspecified atom stereocenters. The second kappa shape index (κ2) is 7.03. The average molecular weight is 356 g/mol. The van der Waals surface area contributed by atoms with Crippen molar-refractivity contribution < 1.29 is 14.7 Å². The quantitative estimate of drug-likeness (QED) is 0.901. The third-order valence-corrected chi connectivity index (χ3v) is 6.50. The fraction of sp³-hybridized carbons (Fsp3) is 0.619. The highest BCUT2D eigenvalue weighted by Crippen LogP contribution is 2.47. The van der Waals surface area contributed by atoms with Gasteiger partial charge in [0.05, 0.1) is 12.0 Å². The lowest BCUT2D eigenvalue weighted by molar-refractivity contribution is -0.132. The number of carbonyl (C=O) groups is 2. The number of anilines is 1. The minimum absolute atomic E-state index is 0.0423. The Morgan fingerprint density at radius 1 is 1.19 bits per heavy atom. The average Bonchev–Trinajstić information content (AvgIpc) is 3.21. The highest BCUT2D eigenvalue weighted by Gasteiger charge is 2.54. The van der Waals surface area contributed by atoms with Crippen LogP contribution in [-0.2, 0) is 15.0 Å². The van der Waals surface area contributed by atoms with Gasteiger partial charge in [-0.25, -0.2) is 0 Å². The predicted molar refractivity (Wildman–Crippen MR) is 99.9 cm³/mol. The number of benzene rings is 1. The summed E-state index contributed by atoms with van der Waals surface area (Å²) in [5, 5.41) is 9.37. The molecule has 4 rings (SSSR count). The Labute approximate surface area is 155 Å². The van der Waals surface area contributed by atoms with Crippen LogP contribution in [0, 0.1) is 5.92 Å². The van der Waals surface area contributed by atoms with Crippen LogP contribution in [0.4, 0.5) is 5.69 Å². The van der Waals surface area contributed by atoms with Crippen LogP contribution < -0.4 is 4.90 Å². The number of carbonyl (C=O) groups excluding carboxylic acids is 2. The van der Waals surface area contributed by atoms with E-state index < -0.39 is 5.41 Å². The van der Waals surface area contributed by atoms with Gasteiger partial charge in [0.1, 0.15) is 0 Å². The maximum absolute atomic E-state index is 13.2. The molecule has 2 amide bonds. The number of aliphatic hydroxyl groups excluding tert-OH is 1. The van der Waals surface area contributed by atoms with Gasteiger partial charge in [-0.3, -0.25) is 9.59 Å². The Kier molecular flexibility index (Phi) is 4.74. The van der Waals surface area contributed by atoms with Gasteiger partial charge in [0.15, 0.2) is 0 Å². The Bertz CT molecular complexity index is 698. The van der Waals surface area contributed by atoms with Crippen LogP contribution in [0.1, 0.15) is 50.5 Å². The lowest BCUT2D eigenvalue weighted by atomic mass is 9.81. The maximum atomic E-state index is 13.2. The van der Waals surface area contributed by atoms with E-state index in [0.717, 1.165) is 24.1 Å². The van der Waals surface area contributed by atoms with Crippen LogP contribution in [-0.4, -0.2) is 48.1 Å². The number of hydrogen-bond acceptors (Lipinski definition) is 3. The summed E-state index contributed by atoms with van der Waals surface area (Å²) >= 11 is 0. The first-order valence-electron chi connectivity index (χ1n) is 9.96. The fourth-order valence-electron chi connectivity index (χ4n) is 5.10. The second-order valence-electron chi connectivity index (χ2n) is 8.05. The van der Waals surface area contributed by atoms with Crippen molar-refractivity contribution >= 4 is 17.5 Å². The molecule has 1 N–H and O–H groups in total. The van der Waals surface area contributed by atoms with E-state index in [1.807, 2.05) is 29.2 Å². The molecule has 140 valence electrons. The van der Waals surface area contributed by atoms with E-state index >= 15 is 0 Å². The maximum Gasteiger partial charge on any atom is 0.239 e. The zero-order chi connectivity index (χ0) is 18.1. The van der Waals surface area contributed by atoms with E-state index in [0.29, 0.717) is 38.4 Å². The van der Waals surface area contributed by atoms with Crippen molar-refractivity contribution in [3.63, 3.8) is 0 Å². The second-order valence-corrected chi connectivity index (χ2v) is 8.05.